The molecule has 2 saturated heterocycles. The van der Waals surface area contributed by atoms with E-state index in [0.717, 1.165) is 35.0 Å². The Labute approximate surface area is 199 Å². The van der Waals surface area contributed by atoms with Crippen molar-refractivity contribution in [2.45, 2.75) is 25.6 Å². The zero-order chi connectivity index (χ0) is 21.8. The van der Waals surface area contributed by atoms with Crippen molar-refractivity contribution in [2.24, 2.45) is 0 Å². The largest absolute Gasteiger partial charge is 0.493 e. The second-order valence-electron chi connectivity index (χ2n) is 7.23. The summed E-state index contributed by atoms with van der Waals surface area (Å²) in [7, 11) is 1.60. The van der Waals surface area contributed by atoms with E-state index in [-0.39, 0.29) is 12.0 Å². The Morgan fingerprint density at radius 3 is 2.81 bits per heavy atom. The predicted molar refractivity (Wildman–Crippen MR) is 130 cm³/mol. The van der Waals surface area contributed by atoms with E-state index in [4.69, 9.17) is 26.4 Å². The number of hydrogen-bond acceptors (Lipinski definition) is 6. The summed E-state index contributed by atoms with van der Waals surface area (Å²) in [5, 5.41) is 0. The van der Waals surface area contributed by atoms with E-state index in [0.29, 0.717) is 33.9 Å². The summed E-state index contributed by atoms with van der Waals surface area (Å²) < 4.78 is 18.5. The lowest BCUT2D eigenvalue weighted by atomic mass is 10.1. The monoisotopic (exact) mass is 519 g/mol. The van der Waals surface area contributed by atoms with Crippen LogP contribution in [0.4, 0.5) is 0 Å². The van der Waals surface area contributed by atoms with E-state index >= 15 is 0 Å². The van der Waals surface area contributed by atoms with Crippen molar-refractivity contribution in [3.63, 3.8) is 0 Å². The maximum absolute atomic E-state index is 12.9. The van der Waals surface area contributed by atoms with Gasteiger partial charge in [-0.05, 0) is 42.2 Å². The summed E-state index contributed by atoms with van der Waals surface area (Å²) in [4.78, 5) is 15.2. The molecule has 8 heteroatoms. The number of hydrogen-bond donors (Lipinski definition) is 0. The topological polar surface area (TPSA) is 48.0 Å². The van der Waals surface area contributed by atoms with Crippen molar-refractivity contribution in [1.82, 2.24) is 4.90 Å². The van der Waals surface area contributed by atoms with E-state index in [2.05, 4.69) is 15.9 Å². The molecule has 0 unspecified atom stereocenters. The van der Waals surface area contributed by atoms with Crippen molar-refractivity contribution >= 4 is 56.2 Å². The molecular weight excluding hydrogens is 498 g/mol. The van der Waals surface area contributed by atoms with Gasteiger partial charge in [0, 0.05) is 11.1 Å². The SMILES string of the molecule is COc1cc(/C=C2\SC(=S)N(C[C@@H]3CCCO3)C2=O)c(Br)cc1OCc1ccccc1. The van der Waals surface area contributed by atoms with E-state index in [9.17, 15) is 4.79 Å². The quantitative estimate of drug-likeness (QED) is 0.359. The van der Waals surface area contributed by atoms with E-state index < -0.39 is 0 Å². The van der Waals surface area contributed by atoms with Gasteiger partial charge in [0.25, 0.3) is 5.91 Å². The Hall–Kier alpha value is -1.87. The third kappa shape index (κ3) is 5.31. The number of ether oxygens (including phenoxy) is 3. The maximum Gasteiger partial charge on any atom is 0.266 e. The van der Waals surface area contributed by atoms with Crippen LogP contribution in [0.3, 0.4) is 0 Å². The molecule has 0 aromatic heterocycles. The summed E-state index contributed by atoms with van der Waals surface area (Å²) in [6.45, 7) is 1.70. The maximum atomic E-state index is 12.9. The average molecular weight is 520 g/mol. The number of nitrogens with zero attached hydrogens (tertiary/aromatic N) is 1. The first kappa shape index (κ1) is 22.3. The summed E-state index contributed by atoms with van der Waals surface area (Å²) in [6.07, 6.45) is 3.89. The molecule has 2 aliphatic rings. The van der Waals surface area contributed by atoms with Gasteiger partial charge >= 0.3 is 0 Å². The second-order valence-corrected chi connectivity index (χ2v) is 9.76. The highest BCUT2D eigenvalue weighted by Crippen LogP contribution is 2.38. The van der Waals surface area contributed by atoms with Crippen LogP contribution < -0.4 is 9.47 Å². The first-order chi connectivity index (χ1) is 15.0. The zero-order valence-electron chi connectivity index (χ0n) is 17.0. The normalized spacial score (nSPS) is 20.0. The van der Waals surface area contributed by atoms with Gasteiger partial charge in [-0.2, -0.15) is 0 Å². The fraction of sp³-hybridized carbons (Fsp3) is 0.304. The lowest BCUT2D eigenvalue weighted by Crippen LogP contribution is -2.35. The Morgan fingerprint density at radius 2 is 2.10 bits per heavy atom. The number of thioether (sulfide) groups is 1. The number of rotatable bonds is 7. The van der Waals surface area contributed by atoms with Gasteiger partial charge in [0.15, 0.2) is 11.5 Å². The third-order valence-electron chi connectivity index (χ3n) is 5.09. The van der Waals surface area contributed by atoms with Gasteiger partial charge < -0.3 is 14.2 Å². The van der Waals surface area contributed by atoms with Gasteiger partial charge in [-0.15, -0.1) is 0 Å². The molecule has 0 aliphatic carbocycles. The van der Waals surface area contributed by atoms with Gasteiger partial charge in [-0.1, -0.05) is 70.2 Å². The molecule has 2 heterocycles. The van der Waals surface area contributed by atoms with Crippen LogP contribution in [0.1, 0.15) is 24.0 Å². The van der Waals surface area contributed by atoms with Crippen molar-refractivity contribution in [1.29, 1.82) is 0 Å². The molecule has 2 aromatic carbocycles. The molecule has 2 aliphatic heterocycles. The van der Waals surface area contributed by atoms with Crippen molar-refractivity contribution in [3.05, 3.63) is 63.0 Å². The van der Waals surface area contributed by atoms with Crippen LogP contribution >= 0.6 is 39.9 Å². The molecule has 0 bridgehead atoms. The Bertz CT molecular complexity index is 1010. The first-order valence-corrected chi connectivity index (χ1v) is 12.0. The van der Waals surface area contributed by atoms with Crippen LogP contribution in [0, 0.1) is 0 Å². The summed E-state index contributed by atoms with van der Waals surface area (Å²) in [5.41, 5.74) is 1.89. The lowest BCUT2D eigenvalue weighted by Gasteiger charge is -2.18. The van der Waals surface area contributed by atoms with Crippen LogP contribution in [0.25, 0.3) is 6.08 Å². The standard InChI is InChI=1S/C23H22BrNO4S2/c1-27-19-10-16(18(24)12-20(19)29-14-15-6-3-2-4-7-15)11-21-22(26)25(23(30)31-21)13-17-8-5-9-28-17/h2-4,6-7,10-12,17H,5,8-9,13-14H2,1H3/b21-11-/t17-/m0/s1. The zero-order valence-corrected chi connectivity index (χ0v) is 20.2. The molecule has 0 saturated carbocycles. The molecule has 5 nitrogen and oxygen atoms in total. The first-order valence-electron chi connectivity index (χ1n) is 9.96. The number of halogens is 1. The molecule has 31 heavy (non-hydrogen) atoms. The molecule has 162 valence electrons. The van der Waals surface area contributed by atoms with Crippen LogP contribution in [0.5, 0.6) is 11.5 Å². The van der Waals surface area contributed by atoms with Crippen LogP contribution in [-0.2, 0) is 16.1 Å². The van der Waals surface area contributed by atoms with E-state index in [1.54, 1.807) is 12.0 Å². The fourth-order valence-electron chi connectivity index (χ4n) is 3.46. The molecule has 1 amide bonds. The van der Waals surface area contributed by atoms with Gasteiger partial charge in [0.1, 0.15) is 10.9 Å². The third-order valence-corrected chi connectivity index (χ3v) is 7.16. The predicted octanol–water partition coefficient (Wildman–Crippen LogP) is 5.42. The van der Waals surface area contributed by atoms with Crippen molar-refractivity contribution < 1.29 is 19.0 Å². The minimum absolute atomic E-state index is 0.0646. The van der Waals surface area contributed by atoms with Crippen molar-refractivity contribution in [2.75, 3.05) is 20.3 Å². The summed E-state index contributed by atoms with van der Waals surface area (Å²) in [5.74, 6) is 1.14. The number of amides is 1. The van der Waals surface area contributed by atoms with Gasteiger partial charge in [0.2, 0.25) is 0 Å². The van der Waals surface area contributed by atoms with E-state index in [1.165, 1.54) is 11.8 Å². The molecule has 0 radical (unpaired) electrons. The Kier molecular flexibility index (Phi) is 7.32. The van der Waals surface area contributed by atoms with Gasteiger partial charge in [-0.25, -0.2) is 0 Å². The van der Waals surface area contributed by atoms with Crippen LogP contribution in [0.2, 0.25) is 0 Å². The number of carbonyl (C=O) groups excluding carboxylic acids is 1. The van der Waals surface area contributed by atoms with Gasteiger partial charge in [0.05, 0.1) is 24.7 Å². The molecular formula is C23H22BrNO4S2. The average Bonchev–Trinajstić information content (AvgIpc) is 3.38. The van der Waals surface area contributed by atoms with Crippen LogP contribution in [-0.4, -0.2) is 41.5 Å². The lowest BCUT2D eigenvalue weighted by molar-refractivity contribution is -0.123. The minimum Gasteiger partial charge on any atom is -0.493 e. The van der Waals surface area contributed by atoms with Gasteiger partial charge in [-0.3, -0.25) is 9.69 Å². The minimum atomic E-state index is -0.0826. The number of benzene rings is 2. The highest BCUT2D eigenvalue weighted by Gasteiger charge is 2.34. The fourth-order valence-corrected chi connectivity index (χ4v) is 5.16. The summed E-state index contributed by atoms with van der Waals surface area (Å²) >= 11 is 10.4. The smallest absolute Gasteiger partial charge is 0.266 e. The Morgan fingerprint density at radius 1 is 1.29 bits per heavy atom. The summed E-state index contributed by atoms with van der Waals surface area (Å²) in [6, 6.07) is 13.7. The molecule has 2 aromatic rings. The van der Waals surface area contributed by atoms with Crippen LogP contribution in [0.15, 0.2) is 51.8 Å². The Balaban J connectivity index is 1.51. The highest BCUT2D eigenvalue weighted by molar-refractivity contribution is 9.10. The van der Waals surface area contributed by atoms with E-state index in [1.807, 2.05) is 48.5 Å². The molecule has 4 rings (SSSR count). The number of methoxy groups -OCH3 is 1. The number of carbonyl (C=O) groups is 1. The molecule has 2 fully saturated rings. The molecule has 0 spiro atoms. The number of thiocarbonyl (C=S) groups is 1. The van der Waals surface area contributed by atoms with Crippen molar-refractivity contribution in [3.8, 4) is 11.5 Å². The second kappa shape index (κ2) is 10.2. The molecule has 0 N–H and O–H groups in total. The molecule has 1 atom stereocenters. The highest BCUT2D eigenvalue weighted by atomic mass is 79.9.